The molecule has 0 amide bonds. The van der Waals surface area contributed by atoms with Crippen LogP contribution in [-0.4, -0.2) is 21.1 Å². The highest BCUT2D eigenvalue weighted by Gasteiger charge is 2.42. The minimum Gasteiger partial charge on any atom is -0.310 e. The monoisotopic (exact) mass is 393 g/mol. The summed E-state index contributed by atoms with van der Waals surface area (Å²) in [6, 6.07) is 7.59. The predicted octanol–water partition coefficient (Wildman–Crippen LogP) is 5.19. The number of nitrogens with one attached hydrogen (secondary N) is 1. The van der Waals surface area contributed by atoms with E-state index in [1.54, 1.807) is 6.92 Å². The summed E-state index contributed by atoms with van der Waals surface area (Å²) >= 11 is 1.40. The lowest BCUT2D eigenvalue weighted by molar-refractivity contribution is -0.182. The molecule has 0 aliphatic heterocycles. The Morgan fingerprint density at radius 2 is 1.81 bits per heavy atom. The number of aromatic amines is 1. The number of halogens is 3. The highest BCUT2D eigenvalue weighted by Crippen LogP contribution is 2.44. The van der Waals surface area contributed by atoms with Crippen LogP contribution in [0.15, 0.2) is 29.1 Å². The highest BCUT2D eigenvalue weighted by molar-refractivity contribution is 7.21. The van der Waals surface area contributed by atoms with Gasteiger partial charge in [0, 0.05) is 5.92 Å². The number of H-pyrrole nitrogens is 1. The van der Waals surface area contributed by atoms with Gasteiger partial charge in [0.15, 0.2) is 0 Å². The molecule has 0 saturated heterocycles. The van der Waals surface area contributed by atoms with Crippen molar-refractivity contribution in [2.24, 2.45) is 5.92 Å². The third kappa shape index (κ3) is 3.50. The SMILES string of the molecule is Cc1nc(C2CCC(C(F)(F)F)CC2)c(-c2nc3ccccc3s2)c(=O)[nH]1. The lowest BCUT2D eigenvalue weighted by Crippen LogP contribution is -2.28. The van der Waals surface area contributed by atoms with Crippen molar-refractivity contribution in [1.29, 1.82) is 0 Å². The Balaban J connectivity index is 1.74. The van der Waals surface area contributed by atoms with Crippen LogP contribution in [0.25, 0.3) is 20.8 Å². The van der Waals surface area contributed by atoms with Crippen LogP contribution >= 0.6 is 11.3 Å². The first kappa shape index (κ1) is 18.2. The van der Waals surface area contributed by atoms with E-state index in [2.05, 4.69) is 15.0 Å². The van der Waals surface area contributed by atoms with Crippen LogP contribution in [0.1, 0.15) is 43.1 Å². The van der Waals surface area contributed by atoms with Crippen molar-refractivity contribution in [1.82, 2.24) is 15.0 Å². The van der Waals surface area contributed by atoms with E-state index in [9.17, 15) is 18.0 Å². The lowest BCUT2D eigenvalue weighted by Gasteiger charge is -2.30. The zero-order valence-electron chi connectivity index (χ0n) is 14.6. The molecule has 27 heavy (non-hydrogen) atoms. The summed E-state index contributed by atoms with van der Waals surface area (Å²) in [4.78, 5) is 24.5. The average molecular weight is 393 g/mol. The Labute approximate surface area is 157 Å². The normalized spacial score (nSPS) is 20.9. The van der Waals surface area contributed by atoms with Crippen LogP contribution in [0.5, 0.6) is 0 Å². The maximum absolute atomic E-state index is 13.0. The van der Waals surface area contributed by atoms with Gasteiger partial charge in [-0.25, -0.2) is 9.97 Å². The number of benzene rings is 1. The van der Waals surface area contributed by atoms with Gasteiger partial charge in [0.25, 0.3) is 5.56 Å². The van der Waals surface area contributed by atoms with Crippen molar-refractivity contribution in [3.8, 4) is 10.6 Å². The molecule has 1 aromatic carbocycles. The number of hydrogen-bond acceptors (Lipinski definition) is 4. The molecule has 1 N–H and O–H groups in total. The number of nitrogens with zero attached hydrogens (tertiary/aromatic N) is 2. The molecule has 0 atom stereocenters. The fourth-order valence-corrected chi connectivity index (χ4v) is 4.80. The number of para-hydroxylation sites is 1. The molecule has 1 fully saturated rings. The third-order valence-corrected chi connectivity index (χ3v) is 6.20. The van der Waals surface area contributed by atoms with Gasteiger partial charge >= 0.3 is 6.18 Å². The predicted molar refractivity (Wildman–Crippen MR) is 99.0 cm³/mol. The quantitative estimate of drug-likeness (QED) is 0.652. The summed E-state index contributed by atoms with van der Waals surface area (Å²) in [5, 5.41) is 0.567. The molecule has 0 spiro atoms. The van der Waals surface area contributed by atoms with Crippen LogP contribution in [0.4, 0.5) is 13.2 Å². The van der Waals surface area contributed by atoms with Crippen LogP contribution < -0.4 is 5.56 Å². The number of aromatic nitrogens is 3. The van der Waals surface area contributed by atoms with E-state index in [1.807, 2.05) is 24.3 Å². The molecule has 142 valence electrons. The van der Waals surface area contributed by atoms with Crippen LogP contribution in [0, 0.1) is 12.8 Å². The van der Waals surface area contributed by atoms with Crippen LogP contribution in [0.3, 0.4) is 0 Å². The zero-order chi connectivity index (χ0) is 19.2. The summed E-state index contributed by atoms with van der Waals surface area (Å²) in [5.41, 5.74) is 1.49. The van der Waals surface area contributed by atoms with Crippen molar-refractivity contribution < 1.29 is 13.2 Å². The van der Waals surface area contributed by atoms with Crippen molar-refractivity contribution in [3.63, 3.8) is 0 Å². The number of fused-ring (bicyclic) bond motifs is 1. The lowest BCUT2D eigenvalue weighted by atomic mass is 9.79. The van der Waals surface area contributed by atoms with Gasteiger partial charge < -0.3 is 4.98 Å². The molecule has 2 heterocycles. The first-order chi connectivity index (χ1) is 12.8. The first-order valence-electron chi connectivity index (χ1n) is 8.86. The Bertz CT molecular complexity index is 1000. The second-order valence-corrected chi connectivity index (χ2v) is 8.02. The summed E-state index contributed by atoms with van der Waals surface area (Å²) in [6.07, 6.45) is -3.27. The van der Waals surface area contributed by atoms with Crippen molar-refractivity contribution in [3.05, 3.63) is 46.1 Å². The van der Waals surface area contributed by atoms with Gasteiger partial charge in [-0.15, -0.1) is 11.3 Å². The van der Waals surface area contributed by atoms with E-state index in [4.69, 9.17) is 0 Å². The largest absolute Gasteiger partial charge is 0.391 e. The number of aryl methyl sites for hydroxylation is 1. The maximum atomic E-state index is 13.0. The molecular weight excluding hydrogens is 375 g/mol. The van der Waals surface area contributed by atoms with Gasteiger partial charge in [-0.3, -0.25) is 4.79 Å². The zero-order valence-corrected chi connectivity index (χ0v) is 15.5. The smallest absolute Gasteiger partial charge is 0.310 e. The molecule has 4 rings (SSSR count). The molecule has 8 heteroatoms. The number of rotatable bonds is 2. The summed E-state index contributed by atoms with van der Waals surface area (Å²) < 4.78 is 39.9. The Hall–Kier alpha value is -2.22. The molecular formula is C19H18F3N3OS. The molecule has 1 saturated carbocycles. The van der Waals surface area contributed by atoms with Gasteiger partial charge in [-0.2, -0.15) is 13.2 Å². The summed E-state index contributed by atoms with van der Waals surface area (Å²) in [7, 11) is 0. The second-order valence-electron chi connectivity index (χ2n) is 6.99. The Morgan fingerprint density at radius 3 is 2.48 bits per heavy atom. The number of alkyl halides is 3. The Morgan fingerprint density at radius 1 is 1.11 bits per heavy atom. The van der Waals surface area contributed by atoms with Crippen LogP contribution in [-0.2, 0) is 0 Å². The van der Waals surface area contributed by atoms with E-state index in [-0.39, 0.29) is 24.3 Å². The van der Waals surface area contributed by atoms with Crippen molar-refractivity contribution in [2.75, 3.05) is 0 Å². The van der Waals surface area contributed by atoms with Gasteiger partial charge in [0.05, 0.1) is 27.4 Å². The number of hydrogen-bond donors (Lipinski definition) is 1. The van der Waals surface area contributed by atoms with Gasteiger partial charge in [-0.1, -0.05) is 12.1 Å². The maximum Gasteiger partial charge on any atom is 0.391 e. The van der Waals surface area contributed by atoms with E-state index in [1.165, 1.54) is 11.3 Å². The Kier molecular flexibility index (Phi) is 4.53. The molecule has 1 aliphatic rings. The van der Waals surface area contributed by atoms with Crippen LogP contribution in [0.2, 0.25) is 0 Å². The molecule has 1 aliphatic carbocycles. The molecule has 3 aromatic rings. The minimum absolute atomic E-state index is 0.0704. The molecule has 0 radical (unpaired) electrons. The molecule has 4 nitrogen and oxygen atoms in total. The van der Waals surface area contributed by atoms with Crippen molar-refractivity contribution in [2.45, 2.75) is 44.7 Å². The van der Waals surface area contributed by atoms with Gasteiger partial charge in [-0.05, 0) is 44.7 Å². The summed E-state index contributed by atoms with van der Waals surface area (Å²) in [6.45, 7) is 1.69. The molecule has 0 bridgehead atoms. The molecule has 2 aromatic heterocycles. The third-order valence-electron chi connectivity index (χ3n) is 5.15. The first-order valence-corrected chi connectivity index (χ1v) is 9.68. The van der Waals surface area contributed by atoms with Gasteiger partial charge in [0.1, 0.15) is 10.8 Å². The van der Waals surface area contributed by atoms with Crippen molar-refractivity contribution >= 4 is 21.6 Å². The minimum atomic E-state index is -4.15. The number of thiazole rings is 1. The fraction of sp³-hybridized carbons (Fsp3) is 0.421. The topological polar surface area (TPSA) is 58.6 Å². The summed E-state index contributed by atoms with van der Waals surface area (Å²) in [5.74, 6) is -0.952. The van der Waals surface area contributed by atoms with E-state index in [0.29, 0.717) is 34.9 Å². The van der Waals surface area contributed by atoms with E-state index in [0.717, 1.165) is 10.2 Å². The molecule has 0 unspecified atom stereocenters. The van der Waals surface area contributed by atoms with E-state index < -0.39 is 12.1 Å². The average Bonchev–Trinajstić information content (AvgIpc) is 3.04. The highest BCUT2D eigenvalue weighted by atomic mass is 32.1. The van der Waals surface area contributed by atoms with Gasteiger partial charge in [0.2, 0.25) is 0 Å². The van der Waals surface area contributed by atoms with E-state index >= 15 is 0 Å². The standard InChI is InChI=1S/C19H18F3N3OS/c1-10-23-16(11-6-8-12(9-7-11)19(20,21)22)15(17(26)24-10)18-25-13-4-2-3-5-14(13)27-18/h2-5,11-12H,6-9H2,1H3,(H,23,24,26). The second kappa shape index (κ2) is 6.74. The fourth-order valence-electron chi connectivity index (χ4n) is 3.78.